The first kappa shape index (κ1) is 25.3. The van der Waals surface area contributed by atoms with E-state index in [1.165, 1.54) is 30.5 Å². The lowest BCUT2D eigenvalue weighted by molar-refractivity contribution is -0.275. The number of hydrogen-bond donors (Lipinski definition) is 2. The third-order valence-electron chi connectivity index (χ3n) is 3.72. The number of benzene rings is 2. The normalized spacial score (nSPS) is 11.9. The van der Waals surface area contributed by atoms with Crippen LogP contribution >= 0.6 is 0 Å². The number of anilines is 3. The van der Waals surface area contributed by atoms with Crippen molar-refractivity contribution in [3.8, 4) is 17.5 Å². The van der Waals surface area contributed by atoms with E-state index < -0.39 is 18.5 Å². The van der Waals surface area contributed by atoms with Crippen molar-refractivity contribution in [2.24, 2.45) is 5.10 Å². The van der Waals surface area contributed by atoms with Gasteiger partial charge in [-0.05, 0) is 61.0 Å². The molecule has 0 bridgehead atoms. The predicted molar refractivity (Wildman–Crippen MR) is 112 cm³/mol. The van der Waals surface area contributed by atoms with Crippen molar-refractivity contribution >= 4 is 23.8 Å². The van der Waals surface area contributed by atoms with Gasteiger partial charge >= 0.3 is 18.7 Å². The molecule has 186 valence electrons. The van der Waals surface area contributed by atoms with Crippen molar-refractivity contribution < 1.29 is 40.6 Å². The van der Waals surface area contributed by atoms with Crippen LogP contribution in [-0.4, -0.2) is 40.5 Å². The molecule has 0 spiro atoms. The molecule has 1 aromatic heterocycles. The van der Waals surface area contributed by atoms with Crippen molar-refractivity contribution in [1.29, 1.82) is 0 Å². The van der Waals surface area contributed by atoms with E-state index in [-0.39, 0.29) is 30.3 Å². The van der Waals surface area contributed by atoms with E-state index >= 15 is 0 Å². The third-order valence-corrected chi connectivity index (χ3v) is 3.72. The van der Waals surface area contributed by atoms with Crippen LogP contribution in [0.3, 0.4) is 0 Å². The maximum absolute atomic E-state index is 12.3. The summed E-state index contributed by atoms with van der Waals surface area (Å²) in [6.07, 6.45) is -8.30. The Balaban J connectivity index is 1.68. The molecular weight excluding hydrogens is 486 g/mol. The molecule has 0 saturated carbocycles. The average molecular weight is 502 g/mol. The van der Waals surface area contributed by atoms with Gasteiger partial charge in [0, 0.05) is 5.69 Å². The van der Waals surface area contributed by atoms with E-state index in [4.69, 9.17) is 4.74 Å². The average Bonchev–Trinajstić information content (AvgIpc) is 2.74. The largest absolute Gasteiger partial charge is 0.573 e. The molecule has 0 radical (unpaired) electrons. The Kier molecular flexibility index (Phi) is 7.78. The summed E-state index contributed by atoms with van der Waals surface area (Å²) < 4.78 is 86.4. The molecule has 1 heterocycles. The molecule has 0 fully saturated rings. The Bertz CT molecular complexity index is 1140. The summed E-state index contributed by atoms with van der Waals surface area (Å²) in [6, 6.07) is 9.74. The van der Waals surface area contributed by atoms with Crippen LogP contribution in [0.1, 0.15) is 12.5 Å². The van der Waals surface area contributed by atoms with Gasteiger partial charge < -0.3 is 19.5 Å². The lowest BCUT2D eigenvalue weighted by atomic mass is 10.2. The molecule has 35 heavy (non-hydrogen) atoms. The fourth-order valence-electron chi connectivity index (χ4n) is 2.45. The molecule has 3 rings (SSSR count). The van der Waals surface area contributed by atoms with Gasteiger partial charge in [0.05, 0.1) is 12.8 Å². The van der Waals surface area contributed by atoms with Gasteiger partial charge in [0.25, 0.3) is 5.95 Å². The van der Waals surface area contributed by atoms with Gasteiger partial charge in [0.15, 0.2) is 0 Å². The molecule has 0 aliphatic heterocycles. The van der Waals surface area contributed by atoms with Crippen LogP contribution in [-0.2, 0) is 0 Å². The van der Waals surface area contributed by atoms with Gasteiger partial charge in [0.2, 0.25) is 5.95 Å². The first-order valence-corrected chi connectivity index (χ1v) is 9.66. The minimum absolute atomic E-state index is 0.000655. The van der Waals surface area contributed by atoms with Crippen molar-refractivity contribution in [2.45, 2.75) is 19.6 Å². The molecule has 3 aromatic rings. The van der Waals surface area contributed by atoms with E-state index in [2.05, 4.69) is 40.3 Å². The maximum Gasteiger partial charge on any atom is 0.573 e. The smallest absolute Gasteiger partial charge is 0.464 e. The number of hydrogen-bond acceptors (Lipinski definition) is 9. The van der Waals surface area contributed by atoms with Crippen molar-refractivity contribution in [3.63, 3.8) is 0 Å². The van der Waals surface area contributed by atoms with Crippen LogP contribution in [0.2, 0.25) is 0 Å². The number of nitrogens with zero attached hydrogens (tertiary/aromatic N) is 4. The second-order valence-corrected chi connectivity index (χ2v) is 6.38. The first-order valence-electron chi connectivity index (χ1n) is 9.66. The van der Waals surface area contributed by atoms with E-state index in [9.17, 15) is 26.3 Å². The predicted octanol–water partition coefficient (Wildman–Crippen LogP) is 5.26. The molecular formula is C20H16F6N6O3. The Morgan fingerprint density at radius 1 is 0.800 bits per heavy atom. The fourth-order valence-corrected chi connectivity index (χ4v) is 2.45. The van der Waals surface area contributed by atoms with Crippen molar-refractivity contribution in [1.82, 2.24) is 15.0 Å². The Morgan fingerprint density at radius 3 is 1.89 bits per heavy atom. The minimum Gasteiger partial charge on any atom is -0.464 e. The highest BCUT2D eigenvalue weighted by atomic mass is 19.4. The SMILES string of the molecule is CCOc1nc(N/N=C/c2ccc(OC(F)(F)F)cc2)nc(Nc2ccc(OC(F)(F)F)cc2)n1. The molecule has 0 saturated heterocycles. The third kappa shape index (κ3) is 8.87. The summed E-state index contributed by atoms with van der Waals surface area (Å²) in [6.45, 7) is 1.94. The second-order valence-electron chi connectivity index (χ2n) is 6.38. The highest BCUT2D eigenvalue weighted by molar-refractivity contribution is 5.80. The number of hydrazone groups is 1. The number of ether oxygens (including phenoxy) is 3. The molecule has 15 heteroatoms. The van der Waals surface area contributed by atoms with Crippen LogP contribution in [0.5, 0.6) is 17.5 Å². The lowest BCUT2D eigenvalue weighted by Gasteiger charge is -2.11. The van der Waals surface area contributed by atoms with E-state index in [0.29, 0.717) is 11.3 Å². The van der Waals surface area contributed by atoms with Crippen molar-refractivity contribution in [3.05, 3.63) is 54.1 Å². The maximum atomic E-state index is 12.3. The standard InChI is InChI=1S/C20H16F6N6O3/c1-2-33-18-30-16(28-13-5-9-15(10-6-13)35-20(24,25)26)29-17(31-18)32-27-11-12-3-7-14(8-4-12)34-19(21,22)23/h3-11H,2H2,1H3,(H2,28,29,30,31,32)/b27-11+. The molecule has 2 aromatic carbocycles. The summed E-state index contributed by atoms with van der Waals surface area (Å²) >= 11 is 0. The number of alkyl halides is 6. The van der Waals surface area contributed by atoms with E-state index in [0.717, 1.165) is 24.3 Å². The zero-order chi connectivity index (χ0) is 25.5. The number of halogens is 6. The lowest BCUT2D eigenvalue weighted by Crippen LogP contribution is -2.17. The molecule has 0 atom stereocenters. The second kappa shape index (κ2) is 10.8. The van der Waals surface area contributed by atoms with Gasteiger partial charge in [-0.1, -0.05) is 0 Å². The molecule has 2 N–H and O–H groups in total. The minimum atomic E-state index is -4.81. The number of nitrogens with one attached hydrogen (secondary N) is 2. The van der Waals surface area contributed by atoms with Crippen LogP contribution in [0, 0.1) is 0 Å². The topological polar surface area (TPSA) is 103 Å². The molecule has 0 aliphatic rings. The van der Waals surface area contributed by atoms with E-state index in [1.54, 1.807) is 6.92 Å². The van der Waals surface area contributed by atoms with Gasteiger partial charge in [-0.2, -0.15) is 20.1 Å². The zero-order valence-electron chi connectivity index (χ0n) is 17.7. The monoisotopic (exact) mass is 502 g/mol. The number of aromatic nitrogens is 3. The Morgan fingerprint density at radius 2 is 1.34 bits per heavy atom. The summed E-state index contributed by atoms with van der Waals surface area (Å²) in [5.41, 5.74) is 3.34. The van der Waals surface area contributed by atoms with E-state index in [1.807, 2.05) is 0 Å². The van der Waals surface area contributed by atoms with Crippen LogP contribution < -0.4 is 25.0 Å². The van der Waals surface area contributed by atoms with Gasteiger partial charge in [-0.3, -0.25) is 0 Å². The van der Waals surface area contributed by atoms with Crippen LogP contribution in [0.4, 0.5) is 43.9 Å². The fraction of sp³-hybridized carbons (Fsp3) is 0.200. The van der Waals surface area contributed by atoms with Crippen LogP contribution in [0.15, 0.2) is 53.6 Å². The Labute approximate surface area is 193 Å². The highest BCUT2D eigenvalue weighted by Crippen LogP contribution is 2.25. The molecule has 9 nitrogen and oxygen atoms in total. The first-order chi connectivity index (χ1) is 16.5. The molecule has 0 amide bonds. The van der Waals surface area contributed by atoms with Crippen LogP contribution in [0.25, 0.3) is 0 Å². The van der Waals surface area contributed by atoms with Crippen molar-refractivity contribution in [2.75, 3.05) is 17.3 Å². The molecule has 0 aliphatic carbocycles. The summed E-state index contributed by atoms with van der Waals surface area (Å²) in [4.78, 5) is 12.1. The van der Waals surface area contributed by atoms with Gasteiger partial charge in [-0.25, -0.2) is 5.43 Å². The Hall–Kier alpha value is -4.30. The summed E-state index contributed by atoms with van der Waals surface area (Å²) in [5.74, 6) is -0.825. The quantitative estimate of drug-likeness (QED) is 0.232. The summed E-state index contributed by atoms with van der Waals surface area (Å²) in [7, 11) is 0. The van der Waals surface area contributed by atoms with Gasteiger partial charge in [-0.15, -0.1) is 26.3 Å². The zero-order valence-corrected chi connectivity index (χ0v) is 17.7. The highest BCUT2D eigenvalue weighted by Gasteiger charge is 2.31. The summed E-state index contributed by atoms with van der Waals surface area (Å²) in [5, 5.41) is 6.70. The van der Waals surface area contributed by atoms with Gasteiger partial charge in [0.1, 0.15) is 11.5 Å². The molecule has 0 unspecified atom stereocenters. The number of rotatable bonds is 9.